The van der Waals surface area contributed by atoms with Crippen LogP contribution in [0.4, 0.5) is 0 Å². The molecular formula is C26H22BrN5O. The third-order valence-electron chi connectivity index (χ3n) is 6.47. The van der Waals surface area contributed by atoms with Crippen molar-refractivity contribution in [2.45, 2.75) is 30.9 Å². The molecule has 0 bridgehead atoms. The first-order chi connectivity index (χ1) is 15.8. The largest absolute Gasteiger partial charge is 0.390 e. The van der Waals surface area contributed by atoms with Crippen LogP contribution in [0.5, 0.6) is 0 Å². The van der Waals surface area contributed by atoms with E-state index in [0.717, 1.165) is 49.1 Å². The molecular weight excluding hydrogens is 478 g/mol. The van der Waals surface area contributed by atoms with E-state index in [2.05, 4.69) is 68.5 Å². The summed E-state index contributed by atoms with van der Waals surface area (Å²) in [6, 6.07) is 20.6. The van der Waals surface area contributed by atoms with Gasteiger partial charge in [-0.1, -0.05) is 54.6 Å². The van der Waals surface area contributed by atoms with Crippen molar-refractivity contribution >= 4 is 32.6 Å². The topological polar surface area (TPSA) is 89.3 Å². The fourth-order valence-electron chi connectivity index (χ4n) is 5.04. The molecule has 0 amide bonds. The third-order valence-corrected chi connectivity index (χ3v) is 7.03. The molecule has 1 saturated carbocycles. The lowest BCUT2D eigenvalue weighted by Gasteiger charge is -2.49. The highest BCUT2D eigenvalue weighted by molar-refractivity contribution is 9.10. The Labute approximate surface area is 199 Å². The second-order valence-corrected chi connectivity index (χ2v) is 10.1. The van der Waals surface area contributed by atoms with Crippen LogP contribution < -0.4 is 5.73 Å². The summed E-state index contributed by atoms with van der Waals surface area (Å²) in [6.07, 6.45) is 4.69. The number of nitrogens with zero attached hydrogens (tertiary/aromatic N) is 4. The highest BCUT2D eigenvalue weighted by atomic mass is 79.9. The van der Waals surface area contributed by atoms with E-state index >= 15 is 0 Å². The second kappa shape index (κ2) is 7.18. The number of fused-ring (bicyclic) bond motifs is 3. The molecule has 2 aromatic carbocycles. The minimum absolute atomic E-state index is 0.486. The van der Waals surface area contributed by atoms with Crippen molar-refractivity contribution in [1.29, 1.82) is 0 Å². The molecule has 0 spiro atoms. The molecule has 1 aliphatic carbocycles. The summed E-state index contributed by atoms with van der Waals surface area (Å²) in [5, 5.41) is 15.6. The summed E-state index contributed by atoms with van der Waals surface area (Å²) in [5.74, 6) is 0. The number of nitrogens with two attached hydrogens (primary N) is 1. The first-order valence-electron chi connectivity index (χ1n) is 10.8. The van der Waals surface area contributed by atoms with E-state index in [9.17, 15) is 5.11 Å². The summed E-state index contributed by atoms with van der Waals surface area (Å²) in [7, 11) is 0. The normalized spacial score (nSPS) is 22.5. The number of rotatable bonds is 3. The Morgan fingerprint density at radius 2 is 1.70 bits per heavy atom. The minimum atomic E-state index is -0.689. The van der Waals surface area contributed by atoms with E-state index < -0.39 is 11.1 Å². The van der Waals surface area contributed by atoms with E-state index in [-0.39, 0.29) is 0 Å². The zero-order valence-electron chi connectivity index (χ0n) is 18.0. The van der Waals surface area contributed by atoms with Crippen molar-refractivity contribution in [1.82, 2.24) is 19.6 Å². The second-order valence-electron chi connectivity index (χ2n) is 9.23. The number of hydrogen-bond donors (Lipinski definition) is 2. The Hall–Kier alpha value is -3.13. The maximum absolute atomic E-state index is 10.2. The average molecular weight is 500 g/mol. The van der Waals surface area contributed by atoms with Crippen LogP contribution in [0.25, 0.3) is 39.1 Å². The zero-order chi connectivity index (χ0) is 22.8. The zero-order valence-corrected chi connectivity index (χ0v) is 19.6. The van der Waals surface area contributed by atoms with Gasteiger partial charge in [-0.05, 0) is 52.9 Å². The molecule has 1 aliphatic rings. The summed E-state index contributed by atoms with van der Waals surface area (Å²) in [4.78, 5) is 9.63. The molecule has 3 aromatic heterocycles. The summed E-state index contributed by atoms with van der Waals surface area (Å²) in [5.41, 5.74) is 11.8. The van der Waals surface area contributed by atoms with Gasteiger partial charge in [0.05, 0.1) is 22.0 Å². The van der Waals surface area contributed by atoms with Gasteiger partial charge in [-0.3, -0.25) is 0 Å². The van der Waals surface area contributed by atoms with Gasteiger partial charge in [0.15, 0.2) is 11.3 Å². The quantitative estimate of drug-likeness (QED) is 0.361. The van der Waals surface area contributed by atoms with Crippen molar-refractivity contribution in [2.75, 3.05) is 0 Å². The van der Waals surface area contributed by atoms with Crippen molar-refractivity contribution < 1.29 is 5.11 Å². The van der Waals surface area contributed by atoms with Gasteiger partial charge in [-0.2, -0.15) is 9.61 Å². The van der Waals surface area contributed by atoms with Crippen LogP contribution in [0.3, 0.4) is 0 Å². The Morgan fingerprint density at radius 1 is 0.970 bits per heavy atom. The van der Waals surface area contributed by atoms with Crippen LogP contribution in [-0.2, 0) is 5.54 Å². The fourth-order valence-corrected chi connectivity index (χ4v) is 5.40. The molecule has 0 unspecified atom stereocenters. The van der Waals surface area contributed by atoms with Crippen molar-refractivity contribution in [3.05, 3.63) is 83.1 Å². The number of aromatic nitrogens is 4. The van der Waals surface area contributed by atoms with Gasteiger partial charge < -0.3 is 10.8 Å². The van der Waals surface area contributed by atoms with Gasteiger partial charge in [0.1, 0.15) is 0 Å². The molecule has 3 heterocycles. The van der Waals surface area contributed by atoms with Crippen molar-refractivity contribution in [3.63, 3.8) is 0 Å². The molecule has 0 saturated heterocycles. The van der Waals surface area contributed by atoms with Crippen molar-refractivity contribution in [2.24, 2.45) is 5.73 Å². The number of pyridine rings is 1. The molecule has 0 aliphatic heterocycles. The number of halogens is 1. The molecule has 7 heteroatoms. The van der Waals surface area contributed by atoms with Crippen molar-refractivity contribution in [3.8, 4) is 22.4 Å². The number of aliphatic hydroxyl groups is 1. The van der Waals surface area contributed by atoms with E-state index in [1.165, 1.54) is 0 Å². The molecule has 3 N–H and O–H groups in total. The molecule has 6 nitrogen and oxygen atoms in total. The first kappa shape index (κ1) is 20.5. The van der Waals surface area contributed by atoms with Crippen LogP contribution in [0.15, 0.2) is 77.5 Å². The molecule has 0 atom stereocenters. The summed E-state index contributed by atoms with van der Waals surface area (Å²) >= 11 is 3.51. The van der Waals surface area contributed by atoms with Gasteiger partial charge in [0.2, 0.25) is 0 Å². The molecule has 6 rings (SSSR count). The SMILES string of the molecule is C[C@]1(O)C[C@](N)(c2ccc(-c3nc4c(cnc5c(Br)cnn54)cc3-c3ccccc3)cc2)C1. The molecule has 33 heavy (non-hydrogen) atoms. The van der Waals surface area contributed by atoms with Crippen LogP contribution in [0, 0.1) is 0 Å². The highest BCUT2D eigenvalue weighted by Crippen LogP contribution is 2.46. The van der Waals surface area contributed by atoms with Crippen LogP contribution in [0.1, 0.15) is 25.3 Å². The lowest BCUT2D eigenvalue weighted by molar-refractivity contribution is -0.0738. The van der Waals surface area contributed by atoms with Crippen LogP contribution in [-0.4, -0.2) is 30.3 Å². The van der Waals surface area contributed by atoms with Crippen LogP contribution in [0.2, 0.25) is 0 Å². The first-order valence-corrected chi connectivity index (χ1v) is 11.6. The minimum Gasteiger partial charge on any atom is -0.390 e. The smallest absolute Gasteiger partial charge is 0.171 e. The number of benzene rings is 2. The predicted octanol–water partition coefficient (Wildman–Crippen LogP) is 5.07. The summed E-state index contributed by atoms with van der Waals surface area (Å²) < 4.78 is 2.59. The lowest BCUT2D eigenvalue weighted by Crippen LogP contribution is -2.58. The van der Waals surface area contributed by atoms with E-state index in [1.54, 1.807) is 10.7 Å². The van der Waals surface area contributed by atoms with E-state index in [1.807, 2.05) is 31.3 Å². The molecule has 164 valence electrons. The third kappa shape index (κ3) is 3.35. The van der Waals surface area contributed by atoms with Gasteiger partial charge >= 0.3 is 0 Å². The Kier molecular flexibility index (Phi) is 4.46. The number of hydrogen-bond acceptors (Lipinski definition) is 5. The molecule has 1 fully saturated rings. The van der Waals surface area contributed by atoms with E-state index in [4.69, 9.17) is 10.7 Å². The van der Waals surface area contributed by atoms with Gasteiger partial charge in [0, 0.05) is 28.2 Å². The maximum Gasteiger partial charge on any atom is 0.171 e. The van der Waals surface area contributed by atoms with Gasteiger partial charge in [-0.25, -0.2) is 9.97 Å². The average Bonchev–Trinajstić information content (AvgIpc) is 3.18. The maximum atomic E-state index is 10.2. The standard InChI is InChI=1S/C26H22BrN5O/c1-25(33)14-26(28,15-25)19-9-7-17(8-10-19)22-20(16-5-3-2-4-6-16)11-18-12-29-24-21(27)13-30-32(24)23(18)31-22/h2-13,33H,14-15,28H2,1H3/t25-,26+. The molecule has 0 radical (unpaired) electrons. The Morgan fingerprint density at radius 3 is 2.39 bits per heavy atom. The lowest BCUT2D eigenvalue weighted by atomic mass is 9.63. The van der Waals surface area contributed by atoms with E-state index in [0.29, 0.717) is 12.8 Å². The van der Waals surface area contributed by atoms with Gasteiger partial charge in [-0.15, -0.1) is 0 Å². The van der Waals surface area contributed by atoms with Crippen LogP contribution >= 0.6 is 15.9 Å². The Balaban J connectivity index is 1.53. The highest BCUT2D eigenvalue weighted by Gasteiger charge is 2.49. The Bertz CT molecular complexity index is 1500. The predicted molar refractivity (Wildman–Crippen MR) is 133 cm³/mol. The monoisotopic (exact) mass is 499 g/mol. The summed E-state index contributed by atoms with van der Waals surface area (Å²) in [6.45, 7) is 1.83. The van der Waals surface area contributed by atoms with Gasteiger partial charge in [0.25, 0.3) is 0 Å². The fraction of sp³-hybridized carbons (Fsp3) is 0.192. The molecule has 5 aromatic rings.